The summed E-state index contributed by atoms with van der Waals surface area (Å²) in [6, 6.07) is 7.70. The van der Waals surface area contributed by atoms with Crippen LogP contribution in [0.25, 0.3) is 0 Å². The van der Waals surface area contributed by atoms with Gasteiger partial charge in [0.15, 0.2) is 11.5 Å². The van der Waals surface area contributed by atoms with Gasteiger partial charge in [0.1, 0.15) is 17.3 Å². The lowest BCUT2D eigenvalue weighted by Gasteiger charge is -2.14. The average molecular weight is 370 g/mol. The zero-order chi connectivity index (χ0) is 19.2. The zero-order valence-electron chi connectivity index (χ0n) is 16.0. The van der Waals surface area contributed by atoms with Crippen LogP contribution in [0.15, 0.2) is 24.3 Å². The van der Waals surface area contributed by atoms with Crippen LogP contribution in [-0.2, 0) is 6.54 Å². The lowest BCUT2D eigenvalue weighted by molar-refractivity contribution is 0.0945. The van der Waals surface area contributed by atoms with Gasteiger partial charge in [0.25, 0.3) is 5.91 Å². The Morgan fingerprint density at radius 3 is 2.56 bits per heavy atom. The van der Waals surface area contributed by atoms with E-state index < -0.39 is 0 Å². The molecule has 0 unspecified atom stereocenters. The minimum Gasteiger partial charge on any atom is -0.493 e. The monoisotopic (exact) mass is 370 g/mol. The summed E-state index contributed by atoms with van der Waals surface area (Å²) >= 11 is 0. The Bertz CT molecular complexity index is 804. The molecule has 0 bridgehead atoms. The normalized spacial score (nSPS) is 14.0. The number of nitrogens with one attached hydrogen (secondary N) is 2. The van der Waals surface area contributed by atoms with Crippen molar-refractivity contribution in [1.29, 1.82) is 0 Å². The Labute approximate surface area is 159 Å². The molecule has 1 aliphatic rings. The number of methoxy groups -OCH3 is 2. The molecule has 0 atom stereocenters. The number of benzene rings is 1. The van der Waals surface area contributed by atoms with Crippen LogP contribution in [0, 0.1) is 6.92 Å². The number of amides is 1. The Kier molecular flexibility index (Phi) is 6.11. The number of ether oxygens (including phenoxy) is 2. The minimum absolute atomic E-state index is 0.232. The Morgan fingerprint density at radius 1 is 1.11 bits per heavy atom. The number of aromatic nitrogens is 2. The van der Waals surface area contributed by atoms with Gasteiger partial charge in [0.2, 0.25) is 0 Å². The smallest absolute Gasteiger partial charge is 0.270 e. The SMILES string of the molecule is COc1ccc(CNC(=O)c2cc(NC3CCCC3)nc(C)n2)cc1OC. The van der Waals surface area contributed by atoms with Crippen molar-refractivity contribution in [2.24, 2.45) is 0 Å². The van der Waals surface area contributed by atoms with Crippen LogP contribution >= 0.6 is 0 Å². The van der Waals surface area contributed by atoms with Gasteiger partial charge in [0, 0.05) is 18.7 Å². The van der Waals surface area contributed by atoms with E-state index in [0.29, 0.717) is 41.4 Å². The number of hydrogen-bond acceptors (Lipinski definition) is 6. The van der Waals surface area contributed by atoms with Gasteiger partial charge in [-0.15, -0.1) is 0 Å². The van der Waals surface area contributed by atoms with Crippen LogP contribution in [0.3, 0.4) is 0 Å². The van der Waals surface area contributed by atoms with Gasteiger partial charge in [0.05, 0.1) is 14.2 Å². The molecule has 2 aromatic rings. The molecule has 1 fully saturated rings. The van der Waals surface area contributed by atoms with Crippen LogP contribution in [0.4, 0.5) is 5.82 Å². The molecule has 27 heavy (non-hydrogen) atoms. The molecule has 1 aromatic heterocycles. The number of rotatable bonds is 7. The van der Waals surface area contributed by atoms with E-state index in [2.05, 4.69) is 20.6 Å². The number of anilines is 1. The van der Waals surface area contributed by atoms with Crippen LogP contribution < -0.4 is 20.1 Å². The molecule has 1 aliphatic carbocycles. The summed E-state index contributed by atoms with van der Waals surface area (Å²) in [5.74, 6) is 2.34. The first-order valence-corrected chi connectivity index (χ1v) is 9.20. The van der Waals surface area contributed by atoms with Crippen LogP contribution in [0.2, 0.25) is 0 Å². The average Bonchev–Trinajstić information content (AvgIpc) is 3.18. The first kappa shape index (κ1) is 18.9. The summed E-state index contributed by atoms with van der Waals surface area (Å²) in [6.07, 6.45) is 4.76. The highest BCUT2D eigenvalue weighted by molar-refractivity contribution is 5.92. The summed E-state index contributed by atoms with van der Waals surface area (Å²) in [4.78, 5) is 21.2. The van der Waals surface area contributed by atoms with Crippen LogP contribution in [0.5, 0.6) is 11.5 Å². The van der Waals surface area contributed by atoms with Gasteiger partial charge < -0.3 is 20.1 Å². The molecule has 0 saturated heterocycles. The summed E-state index contributed by atoms with van der Waals surface area (Å²) in [5, 5.41) is 6.32. The maximum Gasteiger partial charge on any atom is 0.270 e. The number of hydrogen-bond donors (Lipinski definition) is 2. The summed E-state index contributed by atoms with van der Waals surface area (Å²) in [6.45, 7) is 2.17. The van der Waals surface area contributed by atoms with Gasteiger partial charge in [-0.25, -0.2) is 9.97 Å². The predicted molar refractivity (Wildman–Crippen MR) is 103 cm³/mol. The topological polar surface area (TPSA) is 85.4 Å². The Hall–Kier alpha value is -2.83. The fourth-order valence-electron chi connectivity index (χ4n) is 3.30. The second kappa shape index (κ2) is 8.70. The molecule has 1 aromatic carbocycles. The molecule has 7 nitrogen and oxygen atoms in total. The second-order valence-corrected chi connectivity index (χ2v) is 6.68. The molecule has 0 spiro atoms. The highest BCUT2D eigenvalue weighted by atomic mass is 16.5. The van der Waals surface area contributed by atoms with Crippen molar-refractivity contribution in [3.63, 3.8) is 0 Å². The molecular weight excluding hydrogens is 344 g/mol. The molecule has 0 aliphatic heterocycles. The molecule has 1 heterocycles. The van der Waals surface area contributed by atoms with E-state index in [0.717, 1.165) is 18.4 Å². The van der Waals surface area contributed by atoms with E-state index in [1.807, 2.05) is 18.2 Å². The van der Waals surface area contributed by atoms with E-state index in [4.69, 9.17) is 9.47 Å². The first-order chi connectivity index (χ1) is 13.1. The Morgan fingerprint density at radius 2 is 1.85 bits per heavy atom. The lowest BCUT2D eigenvalue weighted by atomic mass is 10.2. The zero-order valence-corrected chi connectivity index (χ0v) is 16.0. The third kappa shape index (κ3) is 4.87. The standard InChI is InChI=1S/C20H26N4O3/c1-13-22-16(11-19(23-13)24-15-6-4-5-7-15)20(25)21-12-14-8-9-17(26-2)18(10-14)27-3/h8-11,15H,4-7,12H2,1-3H3,(H,21,25)(H,22,23,24). The molecule has 1 amide bonds. The molecule has 144 valence electrons. The van der Waals surface area contributed by atoms with Crippen molar-refractivity contribution in [2.45, 2.75) is 45.2 Å². The van der Waals surface area contributed by atoms with Gasteiger partial charge in [-0.1, -0.05) is 18.9 Å². The van der Waals surface area contributed by atoms with E-state index >= 15 is 0 Å². The summed E-state index contributed by atoms with van der Waals surface area (Å²) in [7, 11) is 3.18. The van der Waals surface area contributed by atoms with E-state index in [1.54, 1.807) is 27.2 Å². The second-order valence-electron chi connectivity index (χ2n) is 6.68. The summed E-state index contributed by atoms with van der Waals surface area (Å²) in [5.41, 5.74) is 1.28. The van der Waals surface area contributed by atoms with Crippen molar-refractivity contribution in [3.8, 4) is 11.5 Å². The fraction of sp³-hybridized carbons (Fsp3) is 0.450. The van der Waals surface area contributed by atoms with Gasteiger partial charge in [-0.05, 0) is 37.5 Å². The first-order valence-electron chi connectivity index (χ1n) is 9.20. The van der Waals surface area contributed by atoms with Gasteiger partial charge >= 0.3 is 0 Å². The van der Waals surface area contributed by atoms with Crippen molar-refractivity contribution < 1.29 is 14.3 Å². The van der Waals surface area contributed by atoms with E-state index in [9.17, 15) is 4.79 Å². The molecule has 0 radical (unpaired) electrons. The largest absolute Gasteiger partial charge is 0.493 e. The molecular formula is C20H26N4O3. The number of carbonyl (C=O) groups is 1. The lowest BCUT2D eigenvalue weighted by Crippen LogP contribution is -2.25. The highest BCUT2D eigenvalue weighted by Crippen LogP contribution is 2.27. The molecule has 7 heteroatoms. The van der Waals surface area contributed by atoms with Crippen LogP contribution in [-0.4, -0.2) is 36.1 Å². The number of nitrogens with zero attached hydrogens (tertiary/aromatic N) is 2. The van der Waals surface area contributed by atoms with Gasteiger partial charge in [-0.2, -0.15) is 0 Å². The number of carbonyl (C=O) groups excluding carboxylic acids is 1. The van der Waals surface area contributed by atoms with Crippen LogP contribution in [0.1, 0.15) is 47.6 Å². The van der Waals surface area contributed by atoms with E-state index in [1.165, 1.54) is 12.8 Å². The Balaban J connectivity index is 1.66. The highest BCUT2D eigenvalue weighted by Gasteiger charge is 2.17. The summed E-state index contributed by atoms with van der Waals surface area (Å²) < 4.78 is 10.5. The minimum atomic E-state index is -0.232. The maximum atomic E-state index is 12.6. The third-order valence-corrected chi connectivity index (χ3v) is 4.68. The third-order valence-electron chi connectivity index (χ3n) is 4.68. The van der Waals surface area contributed by atoms with Crippen molar-refractivity contribution in [1.82, 2.24) is 15.3 Å². The van der Waals surface area contributed by atoms with Crippen molar-refractivity contribution >= 4 is 11.7 Å². The molecule has 3 rings (SSSR count). The molecule has 1 saturated carbocycles. The van der Waals surface area contributed by atoms with Gasteiger partial charge in [-0.3, -0.25) is 4.79 Å². The van der Waals surface area contributed by atoms with Crippen molar-refractivity contribution in [2.75, 3.05) is 19.5 Å². The van der Waals surface area contributed by atoms with E-state index in [-0.39, 0.29) is 5.91 Å². The fourth-order valence-corrected chi connectivity index (χ4v) is 3.30. The van der Waals surface area contributed by atoms with Crippen molar-refractivity contribution in [3.05, 3.63) is 41.3 Å². The number of aryl methyl sites for hydroxylation is 1. The molecule has 2 N–H and O–H groups in total. The predicted octanol–water partition coefficient (Wildman–Crippen LogP) is 3.09. The maximum absolute atomic E-state index is 12.6. The quantitative estimate of drug-likeness (QED) is 0.779.